The van der Waals surface area contributed by atoms with Crippen molar-refractivity contribution in [2.75, 3.05) is 5.32 Å². The number of aromatic nitrogens is 2. The predicted octanol–water partition coefficient (Wildman–Crippen LogP) is 0.940. The lowest BCUT2D eigenvalue weighted by Gasteiger charge is -1.95. The largest absolute Gasteiger partial charge is 0.331 e. The van der Waals surface area contributed by atoms with E-state index in [0.717, 1.165) is 12.4 Å². The van der Waals surface area contributed by atoms with Gasteiger partial charge in [-0.2, -0.15) is 0 Å². The highest BCUT2D eigenvalue weighted by atomic mass is 16.6. The number of hydrogen-bond acceptors (Lipinski definition) is 5. The van der Waals surface area contributed by atoms with Crippen LogP contribution in [0, 0.1) is 10.1 Å². The van der Waals surface area contributed by atoms with Crippen LogP contribution in [0.25, 0.3) is 0 Å². The van der Waals surface area contributed by atoms with Gasteiger partial charge in [0.1, 0.15) is 12.4 Å². The van der Waals surface area contributed by atoms with E-state index < -0.39 is 4.92 Å². The van der Waals surface area contributed by atoms with E-state index in [1.807, 2.05) is 0 Å². The van der Waals surface area contributed by atoms with E-state index in [-0.39, 0.29) is 11.6 Å². The quantitative estimate of drug-likeness (QED) is 0.533. The van der Waals surface area contributed by atoms with Gasteiger partial charge >= 0.3 is 5.69 Å². The smallest absolute Gasteiger partial charge is 0.305 e. The zero-order chi connectivity index (χ0) is 8.97. The van der Waals surface area contributed by atoms with Crippen LogP contribution in [0.15, 0.2) is 25.2 Å². The lowest BCUT2D eigenvalue weighted by molar-refractivity contribution is -0.385. The zero-order valence-corrected chi connectivity index (χ0v) is 6.10. The van der Waals surface area contributed by atoms with Crippen LogP contribution < -0.4 is 5.32 Å². The lowest BCUT2D eigenvalue weighted by Crippen LogP contribution is -1.96. The van der Waals surface area contributed by atoms with Crippen LogP contribution in [0.2, 0.25) is 0 Å². The van der Waals surface area contributed by atoms with Gasteiger partial charge in [-0.05, 0) is 6.20 Å². The molecule has 0 bridgehead atoms. The first-order valence-corrected chi connectivity index (χ1v) is 3.08. The van der Waals surface area contributed by atoms with Crippen LogP contribution in [0.5, 0.6) is 0 Å². The first kappa shape index (κ1) is 8.12. The van der Waals surface area contributed by atoms with Crippen LogP contribution in [-0.4, -0.2) is 14.9 Å². The SMILES string of the molecule is C=CNc1ncc([N+](=O)[O-])cn1. The minimum absolute atomic E-state index is 0.135. The van der Waals surface area contributed by atoms with Gasteiger partial charge in [0, 0.05) is 0 Å². The topological polar surface area (TPSA) is 81.0 Å². The first-order chi connectivity index (χ1) is 5.74. The molecule has 12 heavy (non-hydrogen) atoms. The Hall–Kier alpha value is -1.98. The summed E-state index contributed by atoms with van der Waals surface area (Å²) in [6.07, 6.45) is 3.64. The molecule has 1 rings (SSSR count). The number of nitrogens with one attached hydrogen (secondary N) is 1. The van der Waals surface area contributed by atoms with Gasteiger partial charge in [-0.15, -0.1) is 0 Å². The fourth-order valence-corrected chi connectivity index (χ4v) is 0.581. The minimum Gasteiger partial charge on any atom is -0.331 e. The monoisotopic (exact) mass is 166 g/mol. The van der Waals surface area contributed by atoms with Crippen molar-refractivity contribution >= 4 is 11.6 Å². The second kappa shape index (κ2) is 3.42. The Morgan fingerprint density at radius 2 is 2.17 bits per heavy atom. The Morgan fingerprint density at radius 3 is 2.58 bits per heavy atom. The van der Waals surface area contributed by atoms with Gasteiger partial charge in [-0.25, -0.2) is 9.97 Å². The standard InChI is InChI=1S/C6H6N4O2/c1-2-7-6-8-3-5(4-9-6)10(11)12/h2-4H,1H2,(H,7,8,9). The van der Waals surface area contributed by atoms with Crippen LogP contribution in [0.1, 0.15) is 0 Å². The highest BCUT2D eigenvalue weighted by Crippen LogP contribution is 2.07. The van der Waals surface area contributed by atoms with Gasteiger partial charge in [-0.3, -0.25) is 10.1 Å². The molecule has 0 saturated carbocycles. The van der Waals surface area contributed by atoms with E-state index >= 15 is 0 Å². The number of hydrogen-bond donors (Lipinski definition) is 1. The van der Waals surface area contributed by atoms with Crippen LogP contribution in [0.4, 0.5) is 11.6 Å². The highest BCUT2D eigenvalue weighted by Gasteiger charge is 2.04. The molecular formula is C6H6N4O2. The second-order valence-corrected chi connectivity index (χ2v) is 1.87. The van der Waals surface area contributed by atoms with Gasteiger partial charge in [-0.1, -0.05) is 6.58 Å². The van der Waals surface area contributed by atoms with Crippen molar-refractivity contribution in [3.63, 3.8) is 0 Å². The van der Waals surface area contributed by atoms with Crippen molar-refractivity contribution in [2.24, 2.45) is 0 Å². The molecule has 1 aromatic heterocycles. The Balaban J connectivity index is 2.85. The molecule has 0 spiro atoms. The summed E-state index contributed by atoms with van der Waals surface area (Å²) >= 11 is 0. The Morgan fingerprint density at radius 1 is 1.58 bits per heavy atom. The summed E-state index contributed by atoms with van der Waals surface area (Å²) < 4.78 is 0. The van der Waals surface area contributed by atoms with Crippen molar-refractivity contribution < 1.29 is 4.92 Å². The maximum absolute atomic E-state index is 10.2. The Kier molecular flexibility index (Phi) is 2.32. The molecule has 0 unspecified atom stereocenters. The van der Waals surface area contributed by atoms with Gasteiger partial charge in [0.2, 0.25) is 5.95 Å². The van der Waals surface area contributed by atoms with Crippen molar-refractivity contribution in [2.45, 2.75) is 0 Å². The number of nitrogens with zero attached hydrogens (tertiary/aromatic N) is 3. The number of anilines is 1. The molecular weight excluding hydrogens is 160 g/mol. The molecule has 0 aliphatic heterocycles. The van der Waals surface area contributed by atoms with Gasteiger partial charge in [0.05, 0.1) is 4.92 Å². The minimum atomic E-state index is -0.558. The summed E-state index contributed by atoms with van der Waals surface area (Å²) in [6.45, 7) is 3.39. The molecule has 0 radical (unpaired) electrons. The van der Waals surface area contributed by atoms with E-state index in [1.165, 1.54) is 6.20 Å². The average Bonchev–Trinajstić information content (AvgIpc) is 2.06. The van der Waals surface area contributed by atoms with E-state index in [9.17, 15) is 10.1 Å². The van der Waals surface area contributed by atoms with Gasteiger partial charge in [0.15, 0.2) is 0 Å². The molecule has 0 fully saturated rings. The molecule has 62 valence electrons. The summed E-state index contributed by atoms with van der Waals surface area (Å²) in [5, 5.41) is 12.7. The van der Waals surface area contributed by atoms with Gasteiger partial charge in [0.25, 0.3) is 0 Å². The third kappa shape index (κ3) is 1.75. The summed E-state index contributed by atoms with van der Waals surface area (Å²) in [7, 11) is 0. The van der Waals surface area contributed by atoms with Crippen LogP contribution in [-0.2, 0) is 0 Å². The molecule has 1 heterocycles. The normalized spacial score (nSPS) is 9.00. The van der Waals surface area contributed by atoms with Crippen molar-refractivity contribution in [3.05, 3.63) is 35.3 Å². The highest BCUT2D eigenvalue weighted by molar-refractivity contribution is 5.32. The van der Waals surface area contributed by atoms with Crippen molar-refractivity contribution in [3.8, 4) is 0 Å². The average molecular weight is 166 g/mol. The van der Waals surface area contributed by atoms with Crippen LogP contribution >= 0.6 is 0 Å². The molecule has 0 amide bonds. The molecule has 0 aliphatic rings. The fourth-order valence-electron chi connectivity index (χ4n) is 0.581. The molecule has 0 aliphatic carbocycles. The van der Waals surface area contributed by atoms with E-state index in [1.54, 1.807) is 0 Å². The molecule has 6 nitrogen and oxygen atoms in total. The van der Waals surface area contributed by atoms with Crippen molar-refractivity contribution in [1.82, 2.24) is 9.97 Å². The third-order valence-electron chi connectivity index (χ3n) is 1.08. The summed E-state index contributed by atoms with van der Waals surface area (Å²) in [4.78, 5) is 16.9. The van der Waals surface area contributed by atoms with E-state index in [0.29, 0.717) is 0 Å². The Labute approximate surface area is 68.1 Å². The Bertz CT molecular complexity index is 295. The number of nitro groups is 1. The number of rotatable bonds is 3. The molecule has 1 aromatic rings. The predicted molar refractivity (Wildman–Crippen MR) is 42.5 cm³/mol. The molecule has 6 heteroatoms. The summed E-state index contributed by atoms with van der Waals surface area (Å²) in [5.41, 5.74) is -0.135. The van der Waals surface area contributed by atoms with E-state index in [4.69, 9.17) is 0 Å². The van der Waals surface area contributed by atoms with Gasteiger partial charge < -0.3 is 5.32 Å². The summed E-state index contributed by atoms with van der Waals surface area (Å²) in [5.74, 6) is 0.288. The maximum atomic E-state index is 10.2. The molecule has 1 N–H and O–H groups in total. The molecule has 0 aromatic carbocycles. The fraction of sp³-hybridized carbons (Fsp3) is 0. The lowest BCUT2D eigenvalue weighted by atomic mass is 10.5. The van der Waals surface area contributed by atoms with Crippen LogP contribution in [0.3, 0.4) is 0 Å². The summed E-state index contributed by atoms with van der Waals surface area (Å²) in [6, 6.07) is 0. The van der Waals surface area contributed by atoms with E-state index in [2.05, 4.69) is 21.9 Å². The molecule has 0 atom stereocenters. The molecule has 0 saturated heterocycles. The zero-order valence-electron chi connectivity index (χ0n) is 6.10. The maximum Gasteiger partial charge on any atom is 0.305 e. The second-order valence-electron chi connectivity index (χ2n) is 1.87. The third-order valence-corrected chi connectivity index (χ3v) is 1.08. The van der Waals surface area contributed by atoms with Crippen molar-refractivity contribution in [1.29, 1.82) is 0 Å². The first-order valence-electron chi connectivity index (χ1n) is 3.08.